The van der Waals surface area contributed by atoms with Gasteiger partial charge in [-0.1, -0.05) is 49.4 Å². The maximum absolute atomic E-state index is 14.7. The number of rotatable bonds is 16. The van der Waals surface area contributed by atoms with Gasteiger partial charge in [-0.2, -0.15) is 0 Å². The van der Waals surface area contributed by atoms with Gasteiger partial charge in [0.25, 0.3) is 5.91 Å². The number of esters is 1. The second-order valence-electron chi connectivity index (χ2n) is 12.9. The van der Waals surface area contributed by atoms with E-state index in [-0.39, 0.29) is 31.4 Å². The predicted molar refractivity (Wildman–Crippen MR) is 183 cm³/mol. The van der Waals surface area contributed by atoms with Crippen LogP contribution in [0.4, 0.5) is 5.69 Å². The minimum atomic E-state index is -1.30. The van der Waals surface area contributed by atoms with Gasteiger partial charge in [0.15, 0.2) is 0 Å². The smallest absolute Gasteiger partial charge is 0.313 e. The summed E-state index contributed by atoms with van der Waals surface area (Å²) in [6.07, 6.45) is 3.75. The zero-order valence-electron chi connectivity index (χ0n) is 28.5. The molecule has 0 unspecified atom stereocenters. The first kappa shape index (κ1) is 35.8. The molecule has 0 saturated carbocycles. The fourth-order valence-electron chi connectivity index (χ4n) is 7.75. The summed E-state index contributed by atoms with van der Waals surface area (Å²) in [6, 6.07) is 13.8. The van der Waals surface area contributed by atoms with E-state index in [0.717, 1.165) is 0 Å². The Balaban J connectivity index is 1.49. The minimum Gasteiger partial charge on any atom is -0.497 e. The van der Waals surface area contributed by atoms with Crippen molar-refractivity contribution in [1.29, 1.82) is 0 Å². The quantitative estimate of drug-likeness (QED) is 0.201. The first-order valence-electron chi connectivity index (χ1n) is 17.0. The van der Waals surface area contributed by atoms with Gasteiger partial charge >= 0.3 is 5.97 Å². The Kier molecular flexibility index (Phi) is 11.2. The molecule has 8 atom stereocenters. The highest BCUT2D eigenvalue weighted by Gasteiger charge is 2.75. The summed E-state index contributed by atoms with van der Waals surface area (Å²) in [5, 5.41) is 13.4. The standard InChI is InChI=1S/C38H47N3O8/c1-6-9-15-30(43)39-24(4)33(25-13-11-10-12-14-25)48-37(46)31-29-20-21-38(49-29)32(31)35(44)41(26(8-3)23-42)34(38)36(45)40(22-7-2)27-16-18-28(47-5)19-17-27/h6-7,10-14,16-19,24,26,29,31-34,42H,1-2,8-9,15,20-23H2,3-5H3,(H,39,43)/t24-,26-,29-,31+,32+,33-,34-,38+/m0/s1. The third-order valence-corrected chi connectivity index (χ3v) is 10.1. The number of fused-ring (bicyclic) bond motifs is 1. The number of aliphatic hydroxyl groups is 1. The number of ether oxygens (including phenoxy) is 3. The van der Waals surface area contributed by atoms with Crippen LogP contribution in [0.2, 0.25) is 0 Å². The number of nitrogens with zero attached hydrogens (tertiary/aromatic N) is 2. The van der Waals surface area contributed by atoms with Crippen LogP contribution in [0.25, 0.3) is 0 Å². The number of hydrogen-bond acceptors (Lipinski definition) is 8. The first-order chi connectivity index (χ1) is 23.6. The number of carbonyl (C=O) groups is 4. The number of benzene rings is 2. The number of nitrogens with one attached hydrogen (secondary N) is 1. The average molecular weight is 674 g/mol. The maximum atomic E-state index is 14.7. The zero-order valence-corrected chi connectivity index (χ0v) is 28.5. The number of hydrogen-bond donors (Lipinski definition) is 2. The highest BCUT2D eigenvalue weighted by molar-refractivity contribution is 6.05. The number of anilines is 1. The monoisotopic (exact) mass is 673 g/mol. The van der Waals surface area contributed by atoms with E-state index in [9.17, 15) is 24.3 Å². The summed E-state index contributed by atoms with van der Waals surface area (Å²) >= 11 is 0. The van der Waals surface area contributed by atoms with E-state index in [0.29, 0.717) is 42.7 Å². The number of likely N-dealkylation sites (tertiary alicyclic amines) is 1. The molecule has 2 aromatic rings. The lowest BCUT2D eigenvalue weighted by Crippen LogP contribution is -2.59. The van der Waals surface area contributed by atoms with Gasteiger partial charge in [0.2, 0.25) is 11.8 Å². The van der Waals surface area contributed by atoms with Crippen molar-refractivity contribution in [2.24, 2.45) is 11.8 Å². The molecule has 262 valence electrons. The Morgan fingerprint density at radius 2 is 1.86 bits per heavy atom. The molecule has 11 nitrogen and oxygen atoms in total. The SMILES string of the molecule is C=CCCC(=O)N[C@@H](C)[C@H](OC(=O)[C@@H]1[C@@H]2CC[C@]3(O2)[C@H](C(=O)N(CC=C)c2ccc(OC)cc2)N([C@@H](CC)CO)C(=O)[C@@H]13)c1ccccc1. The average Bonchev–Trinajstić information content (AvgIpc) is 3.77. The number of methoxy groups -OCH3 is 1. The van der Waals surface area contributed by atoms with Gasteiger partial charge in [-0.15, -0.1) is 13.2 Å². The molecule has 3 heterocycles. The van der Waals surface area contributed by atoms with Crippen molar-refractivity contribution in [1.82, 2.24) is 10.2 Å². The lowest BCUT2D eigenvalue weighted by atomic mass is 9.70. The Bertz CT molecular complexity index is 1530. The molecule has 1 spiro atoms. The highest BCUT2D eigenvalue weighted by atomic mass is 16.6. The second kappa shape index (κ2) is 15.4. The molecular formula is C38H47N3O8. The molecule has 11 heteroatoms. The number of carbonyl (C=O) groups excluding carboxylic acids is 4. The Morgan fingerprint density at radius 1 is 1.14 bits per heavy atom. The molecule has 3 saturated heterocycles. The van der Waals surface area contributed by atoms with Crippen LogP contribution in [-0.2, 0) is 28.7 Å². The second-order valence-corrected chi connectivity index (χ2v) is 12.9. The van der Waals surface area contributed by atoms with Crippen LogP contribution in [0.5, 0.6) is 5.75 Å². The molecule has 0 aromatic heterocycles. The topological polar surface area (TPSA) is 135 Å². The number of aliphatic hydroxyl groups excluding tert-OH is 1. The molecule has 3 fully saturated rings. The molecule has 3 aliphatic heterocycles. The van der Waals surface area contributed by atoms with Gasteiger partial charge < -0.3 is 34.4 Å². The Hall–Kier alpha value is -4.48. The zero-order chi connectivity index (χ0) is 35.3. The van der Waals surface area contributed by atoms with E-state index < -0.39 is 59.6 Å². The summed E-state index contributed by atoms with van der Waals surface area (Å²) in [5.41, 5.74) is -0.0400. The number of allylic oxidation sites excluding steroid dienone is 1. The predicted octanol–water partition coefficient (Wildman–Crippen LogP) is 4.12. The summed E-state index contributed by atoms with van der Waals surface area (Å²) in [7, 11) is 1.56. The van der Waals surface area contributed by atoms with Crippen LogP contribution < -0.4 is 15.0 Å². The molecule has 49 heavy (non-hydrogen) atoms. The van der Waals surface area contributed by atoms with Crippen LogP contribution >= 0.6 is 0 Å². The normalized spacial score (nSPS) is 25.6. The maximum Gasteiger partial charge on any atom is 0.313 e. The van der Waals surface area contributed by atoms with E-state index in [1.165, 1.54) is 4.90 Å². The molecule has 5 rings (SSSR count). The fraction of sp³-hybridized carbons (Fsp3) is 0.474. The summed E-state index contributed by atoms with van der Waals surface area (Å²) < 4.78 is 18.2. The van der Waals surface area contributed by atoms with E-state index in [1.54, 1.807) is 55.4 Å². The lowest BCUT2D eigenvalue weighted by molar-refractivity contribution is -0.162. The number of amides is 3. The van der Waals surface area contributed by atoms with Gasteiger partial charge in [0, 0.05) is 18.7 Å². The van der Waals surface area contributed by atoms with E-state index in [4.69, 9.17) is 14.2 Å². The van der Waals surface area contributed by atoms with E-state index in [1.807, 2.05) is 37.3 Å². The van der Waals surface area contributed by atoms with Crippen LogP contribution in [-0.4, -0.2) is 83.8 Å². The van der Waals surface area contributed by atoms with Crippen LogP contribution in [0.15, 0.2) is 79.9 Å². The molecule has 3 amide bonds. The van der Waals surface area contributed by atoms with Crippen LogP contribution in [0.3, 0.4) is 0 Å². The largest absolute Gasteiger partial charge is 0.497 e. The molecule has 0 radical (unpaired) electrons. The van der Waals surface area contributed by atoms with Crippen LogP contribution in [0.1, 0.15) is 57.6 Å². The van der Waals surface area contributed by atoms with Crippen molar-refractivity contribution in [3.63, 3.8) is 0 Å². The first-order valence-corrected chi connectivity index (χ1v) is 17.0. The minimum absolute atomic E-state index is 0.157. The van der Waals surface area contributed by atoms with Gasteiger partial charge in [0.05, 0.1) is 43.7 Å². The van der Waals surface area contributed by atoms with Crippen molar-refractivity contribution in [2.45, 2.75) is 81.9 Å². The third kappa shape index (κ3) is 6.74. The summed E-state index contributed by atoms with van der Waals surface area (Å²) in [5.74, 6) is -3.00. The summed E-state index contributed by atoms with van der Waals surface area (Å²) in [6.45, 7) is 10.9. The van der Waals surface area contributed by atoms with E-state index >= 15 is 0 Å². The fourth-order valence-corrected chi connectivity index (χ4v) is 7.75. The third-order valence-electron chi connectivity index (χ3n) is 10.1. The van der Waals surface area contributed by atoms with Gasteiger partial charge in [-0.3, -0.25) is 19.2 Å². The van der Waals surface area contributed by atoms with Crippen molar-refractivity contribution < 1.29 is 38.5 Å². The Labute approximate surface area is 287 Å². The van der Waals surface area contributed by atoms with Crippen molar-refractivity contribution in [2.75, 3.05) is 25.2 Å². The van der Waals surface area contributed by atoms with Crippen molar-refractivity contribution in [3.05, 3.63) is 85.5 Å². The van der Waals surface area contributed by atoms with E-state index in [2.05, 4.69) is 18.5 Å². The molecular weight excluding hydrogens is 626 g/mol. The highest BCUT2D eigenvalue weighted by Crippen LogP contribution is 2.59. The lowest BCUT2D eigenvalue weighted by Gasteiger charge is -2.39. The van der Waals surface area contributed by atoms with Gasteiger partial charge in [-0.05, 0) is 62.4 Å². The van der Waals surface area contributed by atoms with Crippen molar-refractivity contribution >= 4 is 29.4 Å². The van der Waals surface area contributed by atoms with Gasteiger partial charge in [-0.25, -0.2) is 0 Å². The molecule has 2 N–H and O–H groups in total. The van der Waals surface area contributed by atoms with Gasteiger partial charge in [0.1, 0.15) is 23.5 Å². The molecule has 0 aliphatic carbocycles. The molecule has 2 bridgehead atoms. The molecule has 2 aromatic carbocycles. The van der Waals surface area contributed by atoms with Crippen molar-refractivity contribution in [3.8, 4) is 5.75 Å². The summed E-state index contributed by atoms with van der Waals surface area (Å²) in [4.78, 5) is 59.2. The van der Waals surface area contributed by atoms with Crippen LogP contribution in [0, 0.1) is 11.8 Å². The Morgan fingerprint density at radius 3 is 2.47 bits per heavy atom. The molecule has 3 aliphatic rings.